The van der Waals surface area contributed by atoms with E-state index in [1.54, 1.807) is 16.8 Å². The second-order valence-corrected chi connectivity index (χ2v) is 4.60. The summed E-state index contributed by atoms with van der Waals surface area (Å²) in [7, 11) is 1.86. The van der Waals surface area contributed by atoms with Crippen LogP contribution in [-0.4, -0.2) is 9.13 Å². The predicted molar refractivity (Wildman–Crippen MR) is 64.8 cm³/mol. The van der Waals surface area contributed by atoms with Gasteiger partial charge in [-0.25, -0.2) is 0 Å². The molecule has 0 aliphatic carbocycles. The van der Waals surface area contributed by atoms with Crippen LogP contribution in [0.4, 0.5) is 0 Å². The molecule has 15 heavy (non-hydrogen) atoms. The second kappa shape index (κ2) is 3.95. The smallest absolute Gasteiger partial charge is 0.136 e. The van der Waals surface area contributed by atoms with Crippen molar-refractivity contribution in [3.8, 4) is 5.82 Å². The van der Waals surface area contributed by atoms with Crippen molar-refractivity contribution >= 4 is 46.4 Å². The van der Waals surface area contributed by atoms with E-state index >= 15 is 0 Å². The summed E-state index contributed by atoms with van der Waals surface area (Å²) in [6, 6.07) is 1.77. The van der Waals surface area contributed by atoms with Gasteiger partial charge in [0.2, 0.25) is 0 Å². The molecule has 0 fully saturated rings. The number of hydrogen-bond acceptors (Lipinski definition) is 0. The molecule has 0 amide bonds. The Morgan fingerprint density at radius 2 is 1.73 bits per heavy atom. The van der Waals surface area contributed by atoms with Gasteiger partial charge in [-0.05, 0) is 6.07 Å². The first-order chi connectivity index (χ1) is 7.02. The van der Waals surface area contributed by atoms with Gasteiger partial charge in [-0.2, -0.15) is 0 Å². The number of rotatable bonds is 1. The summed E-state index contributed by atoms with van der Waals surface area (Å²) in [6.45, 7) is 0. The Morgan fingerprint density at radius 3 is 2.13 bits per heavy atom. The van der Waals surface area contributed by atoms with Gasteiger partial charge in [0, 0.05) is 19.4 Å². The SMILES string of the molecule is Cn1ccc(Cl)c1-n1cc(Cl)c(Cl)c1Cl. The van der Waals surface area contributed by atoms with Gasteiger partial charge in [0.25, 0.3) is 0 Å². The van der Waals surface area contributed by atoms with Crippen molar-refractivity contribution in [1.29, 1.82) is 0 Å². The van der Waals surface area contributed by atoms with Gasteiger partial charge in [0.05, 0.1) is 15.1 Å². The van der Waals surface area contributed by atoms with Crippen LogP contribution in [0.25, 0.3) is 5.82 Å². The molecule has 2 heterocycles. The Bertz CT molecular complexity index is 493. The highest BCUT2D eigenvalue weighted by Crippen LogP contribution is 2.35. The second-order valence-electron chi connectivity index (χ2n) is 3.05. The largest absolute Gasteiger partial charge is 0.336 e. The maximum Gasteiger partial charge on any atom is 0.136 e. The third-order valence-electron chi connectivity index (χ3n) is 2.07. The van der Waals surface area contributed by atoms with Gasteiger partial charge in [-0.1, -0.05) is 46.4 Å². The van der Waals surface area contributed by atoms with Crippen molar-refractivity contribution in [3.05, 3.63) is 38.7 Å². The van der Waals surface area contributed by atoms with E-state index in [0.717, 1.165) is 5.82 Å². The normalized spacial score (nSPS) is 11.0. The Kier molecular flexibility index (Phi) is 2.95. The highest BCUT2D eigenvalue weighted by atomic mass is 35.5. The summed E-state index contributed by atoms with van der Waals surface area (Å²) in [5.41, 5.74) is 0. The quantitative estimate of drug-likeness (QED) is 0.733. The fourth-order valence-corrected chi connectivity index (χ4v) is 2.25. The molecule has 0 aromatic carbocycles. The van der Waals surface area contributed by atoms with Crippen molar-refractivity contribution in [1.82, 2.24) is 9.13 Å². The maximum absolute atomic E-state index is 6.03. The van der Waals surface area contributed by atoms with E-state index in [1.807, 2.05) is 17.8 Å². The van der Waals surface area contributed by atoms with E-state index in [-0.39, 0.29) is 0 Å². The number of aromatic nitrogens is 2. The number of hydrogen-bond donors (Lipinski definition) is 0. The first-order valence-electron chi connectivity index (χ1n) is 4.05. The Labute approximate surface area is 107 Å². The molecule has 0 saturated heterocycles. The Balaban J connectivity index is 2.69. The van der Waals surface area contributed by atoms with Gasteiger partial charge in [0.1, 0.15) is 11.0 Å². The van der Waals surface area contributed by atoms with E-state index < -0.39 is 0 Å². The van der Waals surface area contributed by atoms with Gasteiger partial charge in [-0.15, -0.1) is 0 Å². The summed E-state index contributed by atoms with van der Waals surface area (Å²) in [6.07, 6.45) is 3.46. The Hall–Kier alpha value is -0.280. The van der Waals surface area contributed by atoms with Gasteiger partial charge in [0.15, 0.2) is 0 Å². The molecule has 2 nitrogen and oxygen atoms in total. The molecule has 2 aromatic heterocycles. The molecule has 80 valence electrons. The van der Waals surface area contributed by atoms with Crippen LogP contribution in [0.2, 0.25) is 20.2 Å². The lowest BCUT2D eigenvalue weighted by atomic mass is 10.6. The number of halogens is 4. The molecule has 6 heteroatoms. The van der Waals surface area contributed by atoms with Crippen molar-refractivity contribution in [2.24, 2.45) is 7.05 Å². The first kappa shape index (κ1) is 11.2. The molecular formula is C9H6Cl4N2. The molecule has 0 unspecified atom stereocenters. The molecule has 0 saturated carbocycles. The van der Waals surface area contributed by atoms with Gasteiger partial charge < -0.3 is 4.57 Å². The minimum atomic E-state index is 0.329. The van der Waals surface area contributed by atoms with Crippen LogP contribution in [0.1, 0.15) is 0 Å². The van der Waals surface area contributed by atoms with Crippen LogP contribution in [0, 0.1) is 0 Å². The lowest BCUT2D eigenvalue weighted by Gasteiger charge is -2.06. The molecule has 0 radical (unpaired) electrons. The fraction of sp³-hybridized carbons (Fsp3) is 0.111. The van der Waals surface area contributed by atoms with Gasteiger partial charge >= 0.3 is 0 Å². The third kappa shape index (κ3) is 1.76. The van der Waals surface area contributed by atoms with Crippen LogP contribution in [-0.2, 0) is 7.05 Å². The average Bonchev–Trinajstić information content (AvgIpc) is 2.63. The Morgan fingerprint density at radius 1 is 1.07 bits per heavy atom. The minimum absolute atomic E-state index is 0.329. The van der Waals surface area contributed by atoms with Crippen LogP contribution in [0.3, 0.4) is 0 Å². The highest BCUT2D eigenvalue weighted by Gasteiger charge is 2.16. The molecule has 2 rings (SSSR count). The average molecular weight is 284 g/mol. The van der Waals surface area contributed by atoms with E-state index in [4.69, 9.17) is 46.4 Å². The van der Waals surface area contributed by atoms with Crippen LogP contribution in [0.5, 0.6) is 0 Å². The molecule has 0 bridgehead atoms. The minimum Gasteiger partial charge on any atom is -0.336 e. The molecule has 0 atom stereocenters. The van der Waals surface area contributed by atoms with E-state index in [1.165, 1.54) is 0 Å². The standard InChI is InChI=1S/C9H6Cl4N2/c1-14-3-2-5(10)9(14)15-4-6(11)7(12)8(15)13/h2-4H,1H3. The van der Waals surface area contributed by atoms with E-state index in [2.05, 4.69) is 0 Å². The topological polar surface area (TPSA) is 9.86 Å². The van der Waals surface area contributed by atoms with E-state index in [9.17, 15) is 0 Å². The van der Waals surface area contributed by atoms with Crippen molar-refractivity contribution < 1.29 is 0 Å². The number of aryl methyl sites for hydroxylation is 1. The molecule has 0 spiro atoms. The molecule has 0 aliphatic heterocycles. The van der Waals surface area contributed by atoms with Crippen LogP contribution >= 0.6 is 46.4 Å². The lowest BCUT2D eigenvalue weighted by molar-refractivity contribution is 0.848. The molecule has 0 N–H and O–H groups in total. The molecule has 0 aliphatic rings. The predicted octanol–water partition coefficient (Wildman–Crippen LogP) is 4.43. The van der Waals surface area contributed by atoms with Crippen molar-refractivity contribution in [3.63, 3.8) is 0 Å². The highest BCUT2D eigenvalue weighted by molar-refractivity contribution is 6.48. The number of nitrogens with zero attached hydrogens (tertiary/aromatic N) is 2. The maximum atomic E-state index is 6.03. The fourth-order valence-electron chi connectivity index (χ4n) is 1.36. The zero-order valence-corrected chi connectivity index (χ0v) is 10.7. The van der Waals surface area contributed by atoms with Crippen molar-refractivity contribution in [2.45, 2.75) is 0 Å². The zero-order chi connectivity index (χ0) is 11.2. The summed E-state index contributed by atoms with van der Waals surface area (Å²) >= 11 is 23.8. The van der Waals surface area contributed by atoms with E-state index in [0.29, 0.717) is 20.2 Å². The van der Waals surface area contributed by atoms with Crippen molar-refractivity contribution in [2.75, 3.05) is 0 Å². The summed E-state index contributed by atoms with van der Waals surface area (Å²) in [5.74, 6) is 0.732. The first-order valence-corrected chi connectivity index (χ1v) is 5.56. The monoisotopic (exact) mass is 282 g/mol. The third-order valence-corrected chi connectivity index (χ3v) is 3.59. The molecule has 2 aromatic rings. The van der Waals surface area contributed by atoms with Crippen LogP contribution in [0.15, 0.2) is 18.5 Å². The summed E-state index contributed by atoms with van der Waals surface area (Å²) in [4.78, 5) is 0. The zero-order valence-electron chi connectivity index (χ0n) is 7.64. The summed E-state index contributed by atoms with van der Waals surface area (Å²) < 4.78 is 3.48. The lowest BCUT2D eigenvalue weighted by Crippen LogP contribution is -2.00. The van der Waals surface area contributed by atoms with Crippen LogP contribution < -0.4 is 0 Å². The summed E-state index contributed by atoms with van der Waals surface area (Å²) in [5, 5.41) is 1.67. The van der Waals surface area contributed by atoms with Gasteiger partial charge in [-0.3, -0.25) is 4.57 Å². The molecular weight excluding hydrogens is 278 g/mol.